The van der Waals surface area contributed by atoms with Crippen molar-refractivity contribution in [2.24, 2.45) is 0 Å². The average molecular weight is 431 g/mol. The van der Waals surface area contributed by atoms with E-state index in [2.05, 4.69) is 21.9 Å². The van der Waals surface area contributed by atoms with E-state index in [0.29, 0.717) is 18.9 Å². The molecule has 1 heterocycles. The fourth-order valence-corrected chi connectivity index (χ4v) is 3.46. The Morgan fingerprint density at radius 1 is 0.968 bits per heavy atom. The molecule has 2 aromatic carbocycles. The predicted molar refractivity (Wildman–Crippen MR) is 120 cm³/mol. The Balaban J connectivity index is 1.33. The Morgan fingerprint density at radius 3 is 2.26 bits per heavy atom. The van der Waals surface area contributed by atoms with Crippen molar-refractivity contribution in [2.45, 2.75) is 12.6 Å². The van der Waals surface area contributed by atoms with E-state index in [1.807, 2.05) is 43.4 Å². The van der Waals surface area contributed by atoms with Crippen LogP contribution in [0, 0.1) is 0 Å². The van der Waals surface area contributed by atoms with E-state index < -0.39 is 6.10 Å². The quantitative estimate of drug-likeness (QED) is 0.554. The van der Waals surface area contributed by atoms with Crippen molar-refractivity contribution in [3.05, 3.63) is 54.1 Å². The Kier molecular flexibility index (Phi) is 9.42. The van der Waals surface area contributed by atoms with Crippen LogP contribution in [0.5, 0.6) is 17.2 Å². The average Bonchev–Trinajstić information content (AvgIpc) is 2.80. The van der Waals surface area contributed by atoms with Gasteiger partial charge >= 0.3 is 0 Å². The summed E-state index contributed by atoms with van der Waals surface area (Å²) in [5.41, 5.74) is 1.17. The zero-order valence-corrected chi connectivity index (χ0v) is 18.5. The van der Waals surface area contributed by atoms with Gasteiger partial charge < -0.3 is 24.1 Å². The Labute approximate surface area is 185 Å². The second kappa shape index (κ2) is 12.5. The summed E-state index contributed by atoms with van der Waals surface area (Å²) in [4.78, 5) is 4.44. The van der Waals surface area contributed by atoms with E-state index in [0.717, 1.165) is 50.9 Å². The number of ether oxygens (including phenoxy) is 4. The van der Waals surface area contributed by atoms with Crippen molar-refractivity contribution < 1.29 is 24.1 Å². The van der Waals surface area contributed by atoms with Crippen molar-refractivity contribution in [3.8, 4) is 17.2 Å². The fraction of sp³-hybridized carbons (Fsp3) is 0.500. The van der Waals surface area contributed by atoms with Crippen LogP contribution >= 0.6 is 0 Å². The van der Waals surface area contributed by atoms with Gasteiger partial charge in [0.1, 0.15) is 36.6 Å². The third-order valence-electron chi connectivity index (χ3n) is 5.18. The molecule has 170 valence electrons. The van der Waals surface area contributed by atoms with Gasteiger partial charge in [0.25, 0.3) is 0 Å². The van der Waals surface area contributed by atoms with E-state index in [1.54, 1.807) is 7.11 Å². The molecule has 1 saturated heterocycles. The normalized spacial score (nSPS) is 15.6. The number of aliphatic hydroxyl groups is 1. The second-order valence-corrected chi connectivity index (χ2v) is 7.78. The predicted octanol–water partition coefficient (Wildman–Crippen LogP) is 2.28. The van der Waals surface area contributed by atoms with Crippen LogP contribution in [0.1, 0.15) is 5.56 Å². The molecular formula is C24H34N2O5. The summed E-state index contributed by atoms with van der Waals surface area (Å²) >= 11 is 0. The van der Waals surface area contributed by atoms with Crippen LogP contribution in [0.2, 0.25) is 0 Å². The van der Waals surface area contributed by atoms with Gasteiger partial charge in [-0.25, -0.2) is 0 Å². The summed E-state index contributed by atoms with van der Waals surface area (Å²) in [5.74, 6) is 2.38. The van der Waals surface area contributed by atoms with E-state index in [4.69, 9.17) is 18.9 Å². The van der Waals surface area contributed by atoms with Crippen LogP contribution < -0.4 is 14.2 Å². The molecule has 7 heteroatoms. The zero-order valence-electron chi connectivity index (χ0n) is 18.5. The molecule has 1 aliphatic rings. The van der Waals surface area contributed by atoms with Gasteiger partial charge in [0.2, 0.25) is 0 Å². The number of aliphatic hydroxyl groups excluding tert-OH is 1. The molecule has 1 N–H and O–H groups in total. The van der Waals surface area contributed by atoms with Crippen LogP contribution in [0.4, 0.5) is 0 Å². The molecule has 0 aromatic heterocycles. The third-order valence-corrected chi connectivity index (χ3v) is 5.18. The topological polar surface area (TPSA) is 63.6 Å². The number of hydrogen-bond donors (Lipinski definition) is 1. The Hall–Kier alpha value is -2.32. The number of benzene rings is 2. The van der Waals surface area contributed by atoms with Crippen molar-refractivity contribution in [1.82, 2.24) is 9.80 Å². The van der Waals surface area contributed by atoms with E-state index in [-0.39, 0.29) is 6.61 Å². The van der Waals surface area contributed by atoms with Gasteiger partial charge in [-0.05, 0) is 49.0 Å². The molecular weight excluding hydrogens is 396 g/mol. The highest BCUT2D eigenvalue weighted by Gasteiger charge is 2.11. The van der Waals surface area contributed by atoms with E-state index >= 15 is 0 Å². The molecule has 1 fully saturated rings. The minimum Gasteiger partial charge on any atom is -0.497 e. The van der Waals surface area contributed by atoms with Gasteiger partial charge in [-0.15, -0.1) is 0 Å². The Bertz CT molecular complexity index is 748. The summed E-state index contributed by atoms with van der Waals surface area (Å²) < 4.78 is 22.0. The number of hydrogen-bond acceptors (Lipinski definition) is 7. The number of rotatable bonds is 12. The van der Waals surface area contributed by atoms with Crippen molar-refractivity contribution in [2.75, 3.05) is 66.8 Å². The van der Waals surface area contributed by atoms with Crippen LogP contribution in [0.15, 0.2) is 48.5 Å². The first kappa shape index (κ1) is 23.3. The third kappa shape index (κ3) is 8.38. The second-order valence-electron chi connectivity index (χ2n) is 7.78. The van der Waals surface area contributed by atoms with Gasteiger partial charge in [0.05, 0.1) is 20.3 Å². The van der Waals surface area contributed by atoms with Gasteiger partial charge in [-0.3, -0.25) is 9.80 Å². The number of methoxy groups -OCH3 is 1. The summed E-state index contributed by atoms with van der Waals surface area (Å²) in [7, 11) is 3.62. The molecule has 0 spiro atoms. The zero-order chi connectivity index (χ0) is 21.9. The van der Waals surface area contributed by atoms with E-state index in [1.165, 1.54) is 5.56 Å². The van der Waals surface area contributed by atoms with Gasteiger partial charge in [-0.2, -0.15) is 0 Å². The van der Waals surface area contributed by atoms with Gasteiger partial charge in [0, 0.05) is 32.7 Å². The molecule has 0 amide bonds. The smallest absolute Gasteiger partial charge is 0.119 e. The minimum absolute atomic E-state index is 0.243. The molecule has 0 aliphatic carbocycles. The molecule has 1 aliphatic heterocycles. The highest BCUT2D eigenvalue weighted by Crippen LogP contribution is 2.17. The van der Waals surface area contributed by atoms with Crippen molar-refractivity contribution in [1.29, 1.82) is 0 Å². The molecule has 3 rings (SSSR count). The van der Waals surface area contributed by atoms with Gasteiger partial charge in [0.15, 0.2) is 0 Å². The monoisotopic (exact) mass is 430 g/mol. The molecule has 0 unspecified atom stereocenters. The molecule has 31 heavy (non-hydrogen) atoms. The lowest BCUT2D eigenvalue weighted by Crippen LogP contribution is -2.38. The summed E-state index contributed by atoms with van der Waals surface area (Å²) in [5, 5.41) is 10.3. The van der Waals surface area contributed by atoms with Crippen LogP contribution in [0.3, 0.4) is 0 Å². The summed E-state index contributed by atoms with van der Waals surface area (Å²) in [6, 6.07) is 15.5. The first-order valence-electron chi connectivity index (χ1n) is 10.8. The van der Waals surface area contributed by atoms with Crippen LogP contribution in [-0.2, 0) is 11.3 Å². The number of likely N-dealkylation sites (N-methyl/N-ethyl adjacent to an activating group) is 1. The Morgan fingerprint density at radius 2 is 1.58 bits per heavy atom. The SMILES string of the molecule is COc1ccc(OC[C@@H](O)CN(C)Cc2ccc(OCCN3CCOCC3)cc2)cc1. The first-order valence-corrected chi connectivity index (χ1v) is 10.8. The highest BCUT2D eigenvalue weighted by atomic mass is 16.5. The number of nitrogens with zero attached hydrogens (tertiary/aromatic N) is 2. The van der Waals surface area contributed by atoms with Crippen molar-refractivity contribution in [3.63, 3.8) is 0 Å². The van der Waals surface area contributed by atoms with Crippen LogP contribution in [-0.4, -0.2) is 87.8 Å². The number of morpholine rings is 1. The molecule has 1 atom stereocenters. The maximum Gasteiger partial charge on any atom is 0.119 e. The summed E-state index contributed by atoms with van der Waals surface area (Å²) in [6.45, 7) is 6.68. The molecule has 0 radical (unpaired) electrons. The lowest BCUT2D eigenvalue weighted by atomic mass is 10.2. The van der Waals surface area contributed by atoms with Crippen LogP contribution in [0.25, 0.3) is 0 Å². The highest BCUT2D eigenvalue weighted by molar-refractivity contribution is 5.31. The maximum atomic E-state index is 10.3. The van der Waals surface area contributed by atoms with E-state index in [9.17, 15) is 5.11 Å². The molecule has 2 aromatic rings. The first-order chi connectivity index (χ1) is 15.1. The maximum absolute atomic E-state index is 10.3. The van der Waals surface area contributed by atoms with Gasteiger partial charge in [-0.1, -0.05) is 12.1 Å². The lowest BCUT2D eigenvalue weighted by Gasteiger charge is -2.26. The largest absolute Gasteiger partial charge is 0.497 e. The lowest BCUT2D eigenvalue weighted by molar-refractivity contribution is 0.0322. The fourth-order valence-electron chi connectivity index (χ4n) is 3.46. The van der Waals surface area contributed by atoms with Crippen molar-refractivity contribution >= 4 is 0 Å². The standard InChI is InChI=1S/C24H34N2O5/c1-25(18-21(27)19-31-24-9-7-22(28-2)8-10-24)17-20-3-5-23(6-4-20)30-16-13-26-11-14-29-15-12-26/h3-10,21,27H,11-19H2,1-2H3/t21-/m0/s1. The molecule has 0 bridgehead atoms. The summed E-state index contributed by atoms with van der Waals surface area (Å²) in [6.07, 6.45) is -0.574. The minimum atomic E-state index is -0.574. The molecule has 0 saturated carbocycles. The molecule has 7 nitrogen and oxygen atoms in total.